The summed E-state index contributed by atoms with van der Waals surface area (Å²) in [5.41, 5.74) is 0.849. The van der Waals surface area contributed by atoms with Gasteiger partial charge in [0.15, 0.2) is 6.10 Å². The molecule has 0 spiro atoms. The van der Waals surface area contributed by atoms with E-state index in [9.17, 15) is 18.8 Å². The maximum absolute atomic E-state index is 13.4. The van der Waals surface area contributed by atoms with E-state index in [0.29, 0.717) is 5.56 Å². The van der Waals surface area contributed by atoms with Gasteiger partial charge in [0.2, 0.25) is 0 Å². The molecule has 0 unspecified atom stereocenters. The molecular weight excluding hydrogens is 405 g/mol. The molecule has 1 amide bonds. The number of benzene rings is 2. The standard InChI is InChI=1S/C23H26FNO6/c1-5-29-22(27)17-11-18(23(28)30-6-2)13-20(12-17)31-15(3)21(26)25(4)14-16-8-7-9-19(24)10-16/h7-13,15H,5-6,14H2,1-4H3/t15-/m1/s1. The van der Waals surface area contributed by atoms with E-state index in [4.69, 9.17) is 14.2 Å². The molecule has 31 heavy (non-hydrogen) atoms. The van der Waals surface area contributed by atoms with Crippen molar-refractivity contribution in [2.45, 2.75) is 33.4 Å². The first kappa shape index (κ1) is 23.9. The Morgan fingerprint density at radius 1 is 0.968 bits per heavy atom. The zero-order chi connectivity index (χ0) is 23.0. The zero-order valence-electron chi connectivity index (χ0n) is 18.0. The molecule has 8 heteroatoms. The van der Waals surface area contributed by atoms with Crippen LogP contribution in [0.1, 0.15) is 47.1 Å². The van der Waals surface area contributed by atoms with Gasteiger partial charge in [-0.05, 0) is 56.7 Å². The van der Waals surface area contributed by atoms with Crippen molar-refractivity contribution in [1.29, 1.82) is 0 Å². The molecule has 1 atom stereocenters. The number of amides is 1. The summed E-state index contributed by atoms with van der Waals surface area (Å²) in [5, 5.41) is 0. The second kappa shape index (κ2) is 11.1. The molecule has 2 aromatic rings. The lowest BCUT2D eigenvalue weighted by Crippen LogP contribution is -2.37. The van der Waals surface area contributed by atoms with Crippen molar-refractivity contribution in [3.63, 3.8) is 0 Å². The van der Waals surface area contributed by atoms with E-state index >= 15 is 0 Å². The summed E-state index contributed by atoms with van der Waals surface area (Å²) in [7, 11) is 1.58. The van der Waals surface area contributed by atoms with Gasteiger partial charge < -0.3 is 19.1 Å². The van der Waals surface area contributed by atoms with Crippen molar-refractivity contribution in [3.05, 3.63) is 65.0 Å². The summed E-state index contributed by atoms with van der Waals surface area (Å²) in [6.45, 7) is 5.41. The number of carbonyl (C=O) groups excluding carboxylic acids is 3. The van der Waals surface area contributed by atoms with Crippen LogP contribution in [-0.2, 0) is 20.8 Å². The number of ether oxygens (including phenoxy) is 3. The molecule has 0 aliphatic heterocycles. The Labute approximate surface area is 180 Å². The summed E-state index contributed by atoms with van der Waals surface area (Å²) in [4.78, 5) is 38.4. The number of carbonyl (C=O) groups is 3. The highest BCUT2D eigenvalue weighted by molar-refractivity contribution is 5.96. The lowest BCUT2D eigenvalue weighted by atomic mass is 10.1. The molecule has 0 saturated heterocycles. The summed E-state index contributed by atoms with van der Waals surface area (Å²) < 4.78 is 29.1. The quantitative estimate of drug-likeness (QED) is 0.564. The van der Waals surface area contributed by atoms with Crippen LogP contribution >= 0.6 is 0 Å². The maximum Gasteiger partial charge on any atom is 0.338 e. The van der Waals surface area contributed by atoms with E-state index in [1.54, 1.807) is 40.0 Å². The highest BCUT2D eigenvalue weighted by atomic mass is 19.1. The van der Waals surface area contributed by atoms with E-state index in [-0.39, 0.29) is 48.4 Å². The predicted octanol–water partition coefficient (Wildman–Crippen LogP) is 3.61. The number of likely N-dealkylation sites (N-methyl/N-ethyl adjacent to an activating group) is 1. The Balaban J connectivity index is 2.19. The minimum absolute atomic E-state index is 0.107. The van der Waals surface area contributed by atoms with Crippen LogP contribution in [-0.4, -0.2) is 49.1 Å². The van der Waals surface area contributed by atoms with Crippen LogP contribution in [0.4, 0.5) is 4.39 Å². The van der Waals surface area contributed by atoms with Gasteiger partial charge in [-0.3, -0.25) is 4.79 Å². The lowest BCUT2D eigenvalue weighted by molar-refractivity contribution is -0.137. The number of nitrogens with zero attached hydrogens (tertiary/aromatic N) is 1. The summed E-state index contributed by atoms with van der Waals surface area (Å²) >= 11 is 0. The topological polar surface area (TPSA) is 82.1 Å². The van der Waals surface area contributed by atoms with Crippen LogP contribution in [0.3, 0.4) is 0 Å². The molecule has 0 fully saturated rings. The minimum Gasteiger partial charge on any atom is -0.481 e. The average Bonchev–Trinajstić information content (AvgIpc) is 2.73. The lowest BCUT2D eigenvalue weighted by Gasteiger charge is -2.22. The molecule has 0 heterocycles. The Morgan fingerprint density at radius 2 is 1.55 bits per heavy atom. The first-order chi connectivity index (χ1) is 14.7. The van der Waals surface area contributed by atoms with Gasteiger partial charge in [0.1, 0.15) is 11.6 Å². The Bertz CT molecular complexity index is 909. The van der Waals surface area contributed by atoms with Crippen LogP contribution in [0.25, 0.3) is 0 Å². The van der Waals surface area contributed by atoms with Crippen molar-refractivity contribution in [1.82, 2.24) is 4.90 Å². The van der Waals surface area contributed by atoms with Crippen molar-refractivity contribution in [3.8, 4) is 5.75 Å². The molecule has 166 valence electrons. The van der Waals surface area contributed by atoms with Crippen LogP contribution in [0, 0.1) is 5.82 Å². The van der Waals surface area contributed by atoms with Gasteiger partial charge in [-0.15, -0.1) is 0 Å². The SMILES string of the molecule is CCOC(=O)c1cc(O[C@H](C)C(=O)N(C)Cc2cccc(F)c2)cc(C(=O)OCC)c1. The predicted molar refractivity (Wildman–Crippen MR) is 111 cm³/mol. The average molecular weight is 431 g/mol. The highest BCUT2D eigenvalue weighted by Gasteiger charge is 2.22. The second-order valence-corrected chi connectivity index (χ2v) is 6.77. The van der Waals surface area contributed by atoms with Crippen molar-refractivity contribution >= 4 is 17.8 Å². The Morgan fingerprint density at radius 3 is 2.06 bits per heavy atom. The molecule has 0 N–H and O–H groups in total. The van der Waals surface area contributed by atoms with Crippen molar-refractivity contribution < 1.29 is 33.0 Å². The molecule has 7 nitrogen and oxygen atoms in total. The highest BCUT2D eigenvalue weighted by Crippen LogP contribution is 2.21. The van der Waals surface area contributed by atoms with Gasteiger partial charge in [-0.25, -0.2) is 14.0 Å². The van der Waals surface area contributed by atoms with Crippen molar-refractivity contribution in [2.75, 3.05) is 20.3 Å². The molecule has 0 saturated carbocycles. The van der Waals surface area contributed by atoms with Gasteiger partial charge in [-0.2, -0.15) is 0 Å². The smallest absolute Gasteiger partial charge is 0.338 e. The van der Waals surface area contributed by atoms with Crippen LogP contribution in [0.5, 0.6) is 5.75 Å². The fraction of sp³-hybridized carbons (Fsp3) is 0.348. The fourth-order valence-corrected chi connectivity index (χ4v) is 2.88. The monoisotopic (exact) mass is 431 g/mol. The van der Waals surface area contributed by atoms with E-state index in [1.807, 2.05) is 0 Å². The van der Waals surface area contributed by atoms with E-state index < -0.39 is 18.0 Å². The van der Waals surface area contributed by atoms with Crippen LogP contribution in [0.2, 0.25) is 0 Å². The first-order valence-electron chi connectivity index (χ1n) is 9.90. The third-order valence-electron chi connectivity index (χ3n) is 4.27. The molecule has 2 aromatic carbocycles. The zero-order valence-corrected chi connectivity index (χ0v) is 18.0. The molecular formula is C23H26FNO6. The maximum atomic E-state index is 13.4. The third kappa shape index (κ3) is 6.80. The molecule has 2 rings (SSSR count). The van der Waals surface area contributed by atoms with Gasteiger partial charge in [-0.1, -0.05) is 12.1 Å². The summed E-state index contributed by atoms with van der Waals surface area (Å²) in [6.07, 6.45) is -0.925. The summed E-state index contributed by atoms with van der Waals surface area (Å²) in [5.74, 6) is -1.84. The molecule has 0 aromatic heterocycles. The van der Waals surface area contributed by atoms with Crippen LogP contribution in [0.15, 0.2) is 42.5 Å². The summed E-state index contributed by atoms with van der Waals surface area (Å²) in [6, 6.07) is 10.1. The number of hydrogen-bond donors (Lipinski definition) is 0. The van der Waals surface area contributed by atoms with E-state index in [0.717, 1.165) is 0 Å². The van der Waals surface area contributed by atoms with E-state index in [1.165, 1.54) is 35.2 Å². The molecule has 0 aliphatic carbocycles. The Kier molecular flexibility index (Phi) is 8.54. The Hall–Kier alpha value is -3.42. The van der Waals surface area contributed by atoms with Crippen LogP contribution < -0.4 is 4.74 Å². The number of esters is 2. The minimum atomic E-state index is -0.925. The number of halogens is 1. The number of hydrogen-bond acceptors (Lipinski definition) is 6. The van der Waals surface area contributed by atoms with Crippen molar-refractivity contribution in [2.24, 2.45) is 0 Å². The normalized spacial score (nSPS) is 11.4. The van der Waals surface area contributed by atoms with Gasteiger partial charge in [0.05, 0.1) is 24.3 Å². The first-order valence-corrected chi connectivity index (χ1v) is 9.90. The molecule has 0 aliphatic rings. The molecule has 0 bridgehead atoms. The second-order valence-electron chi connectivity index (χ2n) is 6.77. The largest absolute Gasteiger partial charge is 0.481 e. The fourth-order valence-electron chi connectivity index (χ4n) is 2.88. The molecule has 0 radical (unpaired) electrons. The van der Waals surface area contributed by atoms with Gasteiger partial charge >= 0.3 is 11.9 Å². The number of rotatable bonds is 9. The third-order valence-corrected chi connectivity index (χ3v) is 4.27. The van der Waals surface area contributed by atoms with E-state index in [2.05, 4.69) is 0 Å². The van der Waals surface area contributed by atoms with Gasteiger partial charge in [0, 0.05) is 13.6 Å². The van der Waals surface area contributed by atoms with Gasteiger partial charge in [0.25, 0.3) is 5.91 Å².